The van der Waals surface area contributed by atoms with Crippen molar-refractivity contribution < 1.29 is 13.2 Å². The molecule has 7 heteroatoms. The molecule has 2 aromatic heterocycles. The molecule has 0 fully saturated rings. The first kappa shape index (κ1) is 19.2. The van der Waals surface area contributed by atoms with Crippen LogP contribution in [-0.2, 0) is 6.54 Å². The molecule has 0 saturated carbocycles. The van der Waals surface area contributed by atoms with Gasteiger partial charge in [0.25, 0.3) is 5.56 Å². The summed E-state index contributed by atoms with van der Waals surface area (Å²) in [7, 11) is 0. The number of aryl methyl sites for hydroxylation is 1. The fourth-order valence-corrected chi connectivity index (χ4v) is 3.79. The summed E-state index contributed by atoms with van der Waals surface area (Å²) < 4.78 is 42.4. The molecule has 2 aromatic carbocycles. The number of hydrogen-bond acceptors (Lipinski definition) is 2. The minimum atomic E-state index is -4.52. The SMILES string of the molecule is Cc1ccccc1-c1ccc2c3c(cnn3C(C)C)c(=O)n(CC(F)(F)F)c2c1. The Hall–Kier alpha value is -3.09. The number of aromatic nitrogens is 3. The standard InChI is InChI=1S/C22H20F3N3O/c1-13(2)28-20-17-9-8-15(16-7-5-4-6-14(16)3)10-19(17)27(12-22(23,24)25)21(29)18(20)11-26-28/h4-11,13H,12H2,1-3H3. The lowest BCUT2D eigenvalue weighted by molar-refractivity contribution is -0.140. The van der Waals surface area contributed by atoms with Crippen LogP contribution in [0.25, 0.3) is 32.9 Å². The molecule has 0 aliphatic carbocycles. The van der Waals surface area contributed by atoms with Crippen LogP contribution in [-0.4, -0.2) is 20.5 Å². The Balaban J connectivity index is 2.12. The summed E-state index contributed by atoms with van der Waals surface area (Å²) in [5.74, 6) is 0. The van der Waals surface area contributed by atoms with Gasteiger partial charge in [0.05, 0.1) is 22.6 Å². The maximum atomic E-state index is 13.3. The first-order valence-corrected chi connectivity index (χ1v) is 9.34. The molecule has 0 aliphatic heterocycles. The second-order valence-electron chi connectivity index (χ2n) is 7.50. The Morgan fingerprint density at radius 2 is 1.79 bits per heavy atom. The summed E-state index contributed by atoms with van der Waals surface area (Å²) >= 11 is 0. The lowest BCUT2D eigenvalue weighted by Crippen LogP contribution is -2.28. The Kier molecular flexibility index (Phi) is 4.48. The highest BCUT2D eigenvalue weighted by molar-refractivity contribution is 6.04. The highest BCUT2D eigenvalue weighted by Gasteiger charge is 2.30. The van der Waals surface area contributed by atoms with Crippen LogP contribution in [0.3, 0.4) is 0 Å². The second-order valence-corrected chi connectivity index (χ2v) is 7.50. The average Bonchev–Trinajstić information content (AvgIpc) is 3.10. The third kappa shape index (κ3) is 3.30. The van der Waals surface area contributed by atoms with Crippen molar-refractivity contribution in [3.05, 3.63) is 64.6 Å². The van der Waals surface area contributed by atoms with E-state index in [0.717, 1.165) is 21.3 Å². The normalized spacial score (nSPS) is 12.4. The van der Waals surface area contributed by atoms with E-state index in [9.17, 15) is 18.0 Å². The van der Waals surface area contributed by atoms with Crippen molar-refractivity contribution in [2.75, 3.05) is 0 Å². The van der Waals surface area contributed by atoms with Crippen molar-refractivity contribution in [3.63, 3.8) is 0 Å². The van der Waals surface area contributed by atoms with Crippen LogP contribution in [0, 0.1) is 6.92 Å². The molecule has 0 atom stereocenters. The van der Waals surface area contributed by atoms with Gasteiger partial charge in [0.1, 0.15) is 6.54 Å². The number of hydrogen-bond donors (Lipinski definition) is 0. The Labute approximate surface area is 165 Å². The first-order valence-electron chi connectivity index (χ1n) is 9.34. The number of halogens is 3. The Morgan fingerprint density at radius 3 is 2.45 bits per heavy atom. The molecule has 2 heterocycles. The monoisotopic (exact) mass is 399 g/mol. The van der Waals surface area contributed by atoms with Crippen molar-refractivity contribution in [2.45, 2.75) is 39.5 Å². The number of fused-ring (bicyclic) bond motifs is 3. The summed E-state index contributed by atoms with van der Waals surface area (Å²) in [6, 6.07) is 12.9. The fourth-order valence-electron chi connectivity index (χ4n) is 3.79. The molecule has 4 aromatic rings. The molecule has 0 spiro atoms. The van der Waals surface area contributed by atoms with Crippen molar-refractivity contribution in [3.8, 4) is 11.1 Å². The van der Waals surface area contributed by atoms with Gasteiger partial charge < -0.3 is 0 Å². The minimum Gasteiger partial charge on any atom is -0.298 e. The highest BCUT2D eigenvalue weighted by Crippen LogP contribution is 2.31. The minimum absolute atomic E-state index is 0.0374. The lowest BCUT2D eigenvalue weighted by atomic mass is 9.98. The van der Waals surface area contributed by atoms with Gasteiger partial charge in [0, 0.05) is 11.4 Å². The molecule has 0 amide bonds. The predicted molar refractivity (Wildman–Crippen MR) is 108 cm³/mol. The lowest BCUT2D eigenvalue weighted by Gasteiger charge is -2.17. The van der Waals surface area contributed by atoms with E-state index < -0.39 is 18.3 Å². The van der Waals surface area contributed by atoms with E-state index in [1.807, 2.05) is 51.1 Å². The maximum Gasteiger partial charge on any atom is 0.406 e. The largest absolute Gasteiger partial charge is 0.406 e. The van der Waals surface area contributed by atoms with Gasteiger partial charge >= 0.3 is 6.18 Å². The van der Waals surface area contributed by atoms with Crippen molar-refractivity contribution >= 4 is 21.8 Å². The molecule has 0 saturated heterocycles. The van der Waals surface area contributed by atoms with Gasteiger partial charge in [-0.2, -0.15) is 18.3 Å². The summed E-state index contributed by atoms with van der Waals surface area (Å²) in [5.41, 5.74) is 2.82. The zero-order valence-electron chi connectivity index (χ0n) is 16.3. The van der Waals surface area contributed by atoms with Gasteiger partial charge in [0.15, 0.2) is 0 Å². The molecule has 0 radical (unpaired) electrons. The molecule has 0 bridgehead atoms. The van der Waals surface area contributed by atoms with Crippen LogP contribution in [0.1, 0.15) is 25.5 Å². The van der Waals surface area contributed by atoms with Gasteiger partial charge in [-0.3, -0.25) is 14.0 Å². The number of pyridine rings is 1. The fraction of sp³-hybridized carbons (Fsp3) is 0.273. The zero-order chi connectivity index (χ0) is 20.9. The number of alkyl halides is 3. The molecule has 0 unspecified atom stereocenters. The average molecular weight is 399 g/mol. The summed E-state index contributed by atoms with van der Waals surface area (Å²) in [5, 5.41) is 5.03. The van der Waals surface area contributed by atoms with Crippen molar-refractivity contribution in [1.29, 1.82) is 0 Å². The Bertz CT molecular complexity index is 1280. The molecular weight excluding hydrogens is 379 g/mol. The number of rotatable bonds is 3. The molecule has 4 rings (SSSR count). The van der Waals surface area contributed by atoms with Gasteiger partial charge in [-0.1, -0.05) is 36.4 Å². The molecule has 29 heavy (non-hydrogen) atoms. The van der Waals surface area contributed by atoms with E-state index in [4.69, 9.17) is 0 Å². The quantitative estimate of drug-likeness (QED) is 0.458. The number of nitrogens with zero attached hydrogens (tertiary/aromatic N) is 3. The van der Waals surface area contributed by atoms with Crippen LogP contribution in [0.4, 0.5) is 13.2 Å². The van der Waals surface area contributed by atoms with Crippen molar-refractivity contribution in [2.24, 2.45) is 0 Å². The van der Waals surface area contributed by atoms with E-state index in [0.29, 0.717) is 10.9 Å². The smallest absolute Gasteiger partial charge is 0.298 e. The molecule has 150 valence electrons. The second kappa shape index (κ2) is 6.76. The van der Waals surface area contributed by atoms with Crippen LogP contribution >= 0.6 is 0 Å². The third-order valence-corrected chi connectivity index (χ3v) is 5.10. The van der Waals surface area contributed by atoms with E-state index in [1.54, 1.807) is 16.8 Å². The molecule has 0 N–H and O–H groups in total. The molecule has 4 nitrogen and oxygen atoms in total. The van der Waals surface area contributed by atoms with Gasteiger partial charge in [-0.25, -0.2) is 0 Å². The van der Waals surface area contributed by atoms with Gasteiger partial charge in [0.2, 0.25) is 0 Å². The summed E-state index contributed by atoms with van der Waals surface area (Å²) in [4.78, 5) is 13.0. The van der Waals surface area contributed by atoms with E-state index in [1.165, 1.54) is 6.20 Å². The summed E-state index contributed by atoms with van der Waals surface area (Å²) in [6.07, 6.45) is -3.16. The first-order chi connectivity index (χ1) is 13.7. The van der Waals surface area contributed by atoms with Crippen LogP contribution in [0.15, 0.2) is 53.5 Å². The van der Waals surface area contributed by atoms with E-state index in [-0.39, 0.29) is 16.9 Å². The Morgan fingerprint density at radius 1 is 1.07 bits per heavy atom. The predicted octanol–water partition coefficient (Wildman–Crippen LogP) is 5.47. The van der Waals surface area contributed by atoms with Gasteiger partial charge in [-0.05, 0) is 43.5 Å². The van der Waals surface area contributed by atoms with Gasteiger partial charge in [-0.15, -0.1) is 0 Å². The third-order valence-electron chi connectivity index (χ3n) is 5.10. The topological polar surface area (TPSA) is 39.8 Å². The molecular formula is C22H20F3N3O. The summed E-state index contributed by atoms with van der Waals surface area (Å²) in [6.45, 7) is 4.43. The highest BCUT2D eigenvalue weighted by atomic mass is 19.4. The van der Waals surface area contributed by atoms with E-state index in [2.05, 4.69) is 5.10 Å². The van der Waals surface area contributed by atoms with Crippen LogP contribution < -0.4 is 5.56 Å². The van der Waals surface area contributed by atoms with Crippen molar-refractivity contribution in [1.82, 2.24) is 14.3 Å². The van der Waals surface area contributed by atoms with Crippen LogP contribution in [0.2, 0.25) is 0 Å². The van der Waals surface area contributed by atoms with Crippen LogP contribution in [0.5, 0.6) is 0 Å². The van der Waals surface area contributed by atoms with E-state index >= 15 is 0 Å². The molecule has 0 aliphatic rings. The zero-order valence-corrected chi connectivity index (χ0v) is 16.3. The number of benzene rings is 2. The maximum absolute atomic E-state index is 13.3.